The fraction of sp³-hybridized carbons (Fsp3) is 0.250. The molecule has 0 radical (unpaired) electrons. The third kappa shape index (κ3) is 7.72. The quantitative estimate of drug-likeness (QED) is 0.257. The zero-order valence-corrected chi connectivity index (χ0v) is 24.3. The minimum absolute atomic E-state index is 0. The molecule has 6 heteroatoms. The van der Waals surface area contributed by atoms with Crippen LogP contribution in [-0.4, -0.2) is 23.1 Å². The summed E-state index contributed by atoms with van der Waals surface area (Å²) >= 11 is 0. The Kier molecular flexibility index (Phi) is 12.6. The van der Waals surface area contributed by atoms with Gasteiger partial charge in [0.05, 0.1) is 11.4 Å². The van der Waals surface area contributed by atoms with Crippen LogP contribution in [0.4, 0.5) is 0 Å². The number of carbonyl (C=O) groups excluding carboxylic acids is 1. The Balaban J connectivity index is 0.00000578. The minimum Gasteiger partial charge on any atom is -0.644 e. The molecule has 0 bridgehead atoms. The number of nitrogens with two attached hydrogens (primary N) is 1. The van der Waals surface area contributed by atoms with Crippen molar-refractivity contribution >= 4 is 28.6 Å². The minimum atomic E-state index is -0.324. The first-order chi connectivity index (χ1) is 15.7. The van der Waals surface area contributed by atoms with Gasteiger partial charge in [0.2, 0.25) is 0 Å². The van der Waals surface area contributed by atoms with Crippen molar-refractivity contribution in [2.75, 3.05) is 0 Å². The standard InChI is InChI=1S/C28H34N4O.K/c1-8-23(32-25(33)9-2)15-19(6)20(7)27(26(18(4)5)28(29)30-10-3)22-16-21-13-11-12-14-24(21)31-17-22;/h9-17,23H,2,4,8,29H2,1,3,5-7H3,(H,32,33);/q;+1/p-1/b19-15-,27-20+,28-26+,30-10-;/t23-;/m1./s1. The molecule has 1 atom stereocenters. The number of hydrogen-bond donors (Lipinski definition) is 1. The number of allylic oxidation sites excluding steroid dienone is 5. The van der Waals surface area contributed by atoms with E-state index in [-0.39, 0.29) is 63.3 Å². The molecule has 34 heavy (non-hydrogen) atoms. The number of hydrogen-bond acceptors (Lipinski definition) is 4. The van der Waals surface area contributed by atoms with Crippen LogP contribution in [0, 0.1) is 0 Å². The van der Waals surface area contributed by atoms with Crippen LogP contribution >= 0.6 is 0 Å². The zero-order chi connectivity index (χ0) is 24.5. The summed E-state index contributed by atoms with van der Waals surface area (Å²) in [5, 5.41) is 5.23. The van der Waals surface area contributed by atoms with Gasteiger partial charge in [0.25, 0.3) is 0 Å². The summed E-state index contributed by atoms with van der Waals surface area (Å²) in [5.74, 6) is 0.0643. The van der Waals surface area contributed by atoms with E-state index in [1.807, 2.05) is 71.2 Å². The number of amides is 1. The maximum Gasteiger partial charge on any atom is 1.00 e. The van der Waals surface area contributed by atoms with E-state index in [2.05, 4.69) is 34.5 Å². The number of aliphatic imine (C=N–C) groups is 1. The fourth-order valence-electron chi connectivity index (χ4n) is 3.59. The SMILES string of the molecule is C=CC(=O)[N-][C@@H](\C=C(C)/C(C)=C(/C(C(=C)C)=C(N)/N=C\C)c1cnc2ccccc2c1)CC.[K+]. The van der Waals surface area contributed by atoms with Crippen LogP contribution in [0.3, 0.4) is 0 Å². The molecule has 0 saturated heterocycles. The molecule has 1 aromatic heterocycles. The van der Waals surface area contributed by atoms with E-state index in [1.165, 1.54) is 6.08 Å². The van der Waals surface area contributed by atoms with Crippen molar-refractivity contribution in [3.05, 3.63) is 101 Å². The van der Waals surface area contributed by atoms with E-state index in [9.17, 15) is 4.79 Å². The molecule has 2 rings (SSSR count). The van der Waals surface area contributed by atoms with Crippen LogP contribution in [0.25, 0.3) is 21.8 Å². The van der Waals surface area contributed by atoms with Crippen molar-refractivity contribution in [1.29, 1.82) is 0 Å². The van der Waals surface area contributed by atoms with Crippen LogP contribution in [0.2, 0.25) is 0 Å². The molecule has 0 aliphatic heterocycles. The van der Waals surface area contributed by atoms with Crippen LogP contribution < -0.4 is 57.1 Å². The number of fused-ring (bicyclic) bond motifs is 1. The maximum atomic E-state index is 11.8. The molecule has 0 fully saturated rings. The van der Waals surface area contributed by atoms with Gasteiger partial charge in [0.15, 0.2) is 0 Å². The molecule has 0 aliphatic carbocycles. The van der Waals surface area contributed by atoms with Crippen molar-refractivity contribution in [1.82, 2.24) is 4.98 Å². The van der Waals surface area contributed by atoms with Gasteiger partial charge < -0.3 is 15.8 Å². The molecule has 2 N–H and O–H groups in total. The predicted octanol–water partition coefficient (Wildman–Crippen LogP) is 3.66. The maximum absolute atomic E-state index is 11.8. The van der Waals surface area contributed by atoms with Crippen LogP contribution in [0.15, 0.2) is 94.9 Å². The Hall–Kier alpha value is -2.09. The molecule has 0 aliphatic rings. The van der Waals surface area contributed by atoms with Crippen molar-refractivity contribution in [2.45, 2.75) is 47.1 Å². The van der Waals surface area contributed by atoms with Gasteiger partial charge in [-0.2, -0.15) is 0 Å². The van der Waals surface area contributed by atoms with E-state index < -0.39 is 0 Å². The normalized spacial score (nSPS) is 14.1. The molecule has 1 aromatic carbocycles. The molecular weight excluding hydrogens is 447 g/mol. The van der Waals surface area contributed by atoms with Crippen molar-refractivity contribution in [3.63, 3.8) is 0 Å². The first kappa shape index (κ1) is 29.9. The molecule has 0 unspecified atom stereocenters. The Morgan fingerprint density at radius 2 is 1.94 bits per heavy atom. The Morgan fingerprint density at radius 3 is 2.53 bits per heavy atom. The summed E-state index contributed by atoms with van der Waals surface area (Å²) in [6, 6.07) is 9.83. The van der Waals surface area contributed by atoms with E-state index >= 15 is 0 Å². The first-order valence-corrected chi connectivity index (χ1v) is 11.0. The van der Waals surface area contributed by atoms with Gasteiger partial charge >= 0.3 is 51.4 Å². The Morgan fingerprint density at radius 1 is 1.26 bits per heavy atom. The van der Waals surface area contributed by atoms with Crippen molar-refractivity contribution < 1.29 is 56.2 Å². The largest absolute Gasteiger partial charge is 1.00 e. The van der Waals surface area contributed by atoms with Gasteiger partial charge in [0, 0.05) is 28.9 Å². The molecular formula is C28H33KN4O. The number of para-hydroxylation sites is 1. The third-order valence-corrected chi connectivity index (χ3v) is 5.38. The third-order valence-electron chi connectivity index (χ3n) is 5.38. The number of rotatable bonds is 9. The van der Waals surface area contributed by atoms with E-state index in [0.29, 0.717) is 12.2 Å². The summed E-state index contributed by atoms with van der Waals surface area (Å²) in [5.41, 5.74) is 12.7. The number of carbonyl (C=O) groups is 1. The zero-order valence-electron chi connectivity index (χ0n) is 21.2. The number of nitrogens with zero attached hydrogens (tertiary/aromatic N) is 3. The second kappa shape index (κ2) is 14.3. The van der Waals surface area contributed by atoms with Crippen LogP contribution in [-0.2, 0) is 4.79 Å². The first-order valence-electron chi connectivity index (χ1n) is 11.0. The summed E-state index contributed by atoms with van der Waals surface area (Å²) in [4.78, 5) is 20.8. The van der Waals surface area contributed by atoms with Gasteiger partial charge in [-0.1, -0.05) is 62.4 Å². The average molecular weight is 481 g/mol. The summed E-state index contributed by atoms with van der Waals surface area (Å²) in [7, 11) is 0. The molecule has 5 nitrogen and oxygen atoms in total. The van der Waals surface area contributed by atoms with Gasteiger partial charge in [-0.25, -0.2) is 4.99 Å². The molecule has 172 valence electrons. The van der Waals surface area contributed by atoms with Crippen molar-refractivity contribution in [3.8, 4) is 0 Å². The monoisotopic (exact) mass is 480 g/mol. The average Bonchev–Trinajstić information content (AvgIpc) is 2.80. The van der Waals surface area contributed by atoms with E-state index in [4.69, 9.17) is 5.73 Å². The smallest absolute Gasteiger partial charge is 0.644 e. The van der Waals surface area contributed by atoms with Gasteiger partial charge in [-0.15, -0.1) is 0 Å². The summed E-state index contributed by atoms with van der Waals surface area (Å²) < 4.78 is 0. The van der Waals surface area contributed by atoms with Gasteiger partial charge in [-0.05, 0) is 62.6 Å². The van der Waals surface area contributed by atoms with Gasteiger partial charge in [-0.3, -0.25) is 4.98 Å². The fourth-order valence-corrected chi connectivity index (χ4v) is 3.59. The molecule has 0 saturated carbocycles. The molecule has 1 heterocycles. The van der Waals surface area contributed by atoms with E-state index in [0.717, 1.165) is 44.3 Å². The summed E-state index contributed by atoms with van der Waals surface area (Å²) in [6.07, 6.45) is 7.44. The molecule has 1 amide bonds. The Bertz CT molecular complexity index is 1190. The molecule has 2 aromatic rings. The Labute approximate surface area is 246 Å². The second-order valence-electron chi connectivity index (χ2n) is 7.84. The van der Waals surface area contributed by atoms with Crippen LogP contribution in [0.1, 0.15) is 46.6 Å². The second-order valence-corrected chi connectivity index (χ2v) is 7.84. The predicted molar refractivity (Wildman–Crippen MR) is 141 cm³/mol. The number of benzene rings is 1. The van der Waals surface area contributed by atoms with Crippen LogP contribution in [0.5, 0.6) is 0 Å². The van der Waals surface area contributed by atoms with Gasteiger partial charge in [0.1, 0.15) is 5.82 Å². The molecule has 0 spiro atoms. The number of pyridine rings is 1. The van der Waals surface area contributed by atoms with E-state index in [1.54, 1.807) is 6.21 Å². The topological polar surface area (TPSA) is 82.4 Å². The van der Waals surface area contributed by atoms with Crippen molar-refractivity contribution in [2.24, 2.45) is 10.7 Å². The number of aromatic nitrogens is 1. The summed E-state index contributed by atoms with van der Waals surface area (Å²) in [6.45, 7) is 17.5.